The van der Waals surface area contributed by atoms with Gasteiger partial charge in [0.15, 0.2) is 0 Å². The van der Waals surface area contributed by atoms with Crippen LogP contribution in [0, 0.1) is 11.3 Å². The van der Waals surface area contributed by atoms with Crippen molar-refractivity contribution in [2.75, 3.05) is 42.6 Å². The van der Waals surface area contributed by atoms with Gasteiger partial charge in [-0.05, 0) is 24.4 Å². The van der Waals surface area contributed by atoms with Crippen LogP contribution in [0.2, 0.25) is 5.28 Å². The Hall–Kier alpha value is -1.65. The van der Waals surface area contributed by atoms with Gasteiger partial charge in [0.2, 0.25) is 17.2 Å². The molecule has 0 N–H and O–H groups in total. The summed E-state index contributed by atoms with van der Waals surface area (Å²) in [6.45, 7) is 3.46. The third-order valence-corrected chi connectivity index (χ3v) is 3.76. The van der Waals surface area contributed by atoms with Crippen molar-refractivity contribution in [2.24, 2.45) is 0 Å². The van der Waals surface area contributed by atoms with Crippen LogP contribution in [0.25, 0.3) is 0 Å². The van der Waals surface area contributed by atoms with Crippen molar-refractivity contribution in [3.8, 4) is 6.07 Å². The number of nitrogens with zero attached hydrogens (tertiary/aromatic N) is 6. The fourth-order valence-corrected chi connectivity index (χ4v) is 2.52. The number of nitriles is 1. The minimum Gasteiger partial charge on any atom is -0.378 e. The zero-order valence-corrected chi connectivity index (χ0v) is 12.5. The largest absolute Gasteiger partial charge is 0.378 e. The molecule has 0 amide bonds. The second kappa shape index (κ2) is 6.41. The first-order valence-electron chi connectivity index (χ1n) is 7.16. The predicted molar refractivity (Wildman–Crippen MR) is 78.5 cm³/mol. The predicted octanol–water partition coefficient (Wildman–Crippen LogP) is 1.24. The Morgan fingerprint density at radius 3 is 2.71 bits per heavy atom. The smallest absolute Gasteiger partial charge is 0.231 e. The summed E-state index contributed by atoms with van der Waals surface area (Å²) in [5.74, 6) is 1.17. The first kappa shape index (κ1) is 14.3. The van der Waals surface area contributed by atoms with E-state index >= 15 is 0 Å². The van der Waals surface area contributed by atoms with E-state index in [1.807, 2.05) is 0 Å². The van der Waals surface area contributed by atoms with E-state index in [2.05, 4.69) is 30.8 Å². The standard InChI is InChI=1S/C13H17ClN6O/c14-11-16-12(19-6-8-21-9-7-19)18-13(17-11)20(5-1-4-15)10-2-3-10/h10H,1-3,5-9H2. The van der Waals surface area contributed by atoms with E-state index in [1.165, 1.54) is 0 Å². The summed E-state index contributed by atoms with van der Waals surface area (Å²) in [5.41, 5.74) is 0. The molecule has 0 atom stereocenters. The fourth-order valence-electron chi connectivity index (χ4n) is 2.37. The molecule has 8 heteroatoms. The number of hydrogen-bond donors (Lipinski definition) is 0. The van der Waals surface area contributed by atoms with Crippen molar-refractivity contribution >= 4 is 23.5 Å². The van der Waals surface area contributed by atoms with E-state index in [4.69, 9.17) is 21.6 Å². The number of halogens is 1. The summed E-state index contributed by atoms with van der Waals surface area (Å²) >= 11 is 6.06. The van der Waals surface area contributed by atoms with Gasteiger partial charge in [0.25, 0.3) is 0 Å². The molecule has 21 heavy (non-hydrogen) atoms. The third-order valence-electron chi connectivity index (χ3n) is 3.59. The molecule has 2 fully saturated rings. The summed E-state index contributed by atoms with van der Waals surface area (Å²) in [6, 6.07) is 2.60. The molecule has 0 spiro atoms. The summed E-state index contributed by atoms with van der Waals surface area (Å²) < 4.78 is 5.34. The average Bonchev–Trinajstić information content (AvgIpc) is 3.33. The summed E-state index contributed by atoms with van der Waals surface area (Å²) in [4.78, 5) is 17.1. The Morgan fingerprint density at radius 2 is 2.05 bits per heavy atom. The molecule has 1 aromatic heterocycles. The topological polar surface area (TPSA) is 78.2 Å². The molecule has 1 aliphatic carbocycles. The van der Waals surface area contributed by atoms with Crippen molar-refractivity contribution < 1.29 is 4.74 Å². The molecule has 0 unspecified atom stereocenters. The quantitative estimate of drug-likeness (QED) is 0.810. The maximum Gasteiger partial charge on any atom is 0.231 e. The van der Waals surface area contributed by atoms with Gasteiger partial charge in [-0.3, -0.25) is 0 Å². The number of hydrogen-bond acceptors (Lipinski definition) is 7. The molecular weight excluding hydrogens is 292 g/mol. The zero-order valence-electron chi connectivity index (χ0n) is 11.7. The lowest BCUT2D eigenvalue weighted by atomic mass is 10.4. The third kappa shape index (κ3) is 3.52. The maximum absolute atomic E-state index is 8.80. The number of aromatic nitrogens is 3. The average molecular weight is 309 g/mol. The Labute approximate surface area is 128 Å². The van der Waals surface area contributed by atoms with Gasteiger partial charge in [0.05, 0.1) is 25.7 Å². The van der Waals surface area contributed by atoms with Gasteiger partial charge in [0.1, 0.15) is 0 Å². The molecular formula is C13H17ClN6O. The molecule has 1 saturated heterocycles. The van der Waals surface area contributed by atoms with Crippen molar-refractivity contribution in [2.45, 2.75) is 25.3 Å². The Kier molecular flexibility index (Phi) is 4.36. The molecule has 112 valence electrons. The molecule has 0 radical (unpaired) electrons. The summed E-state index contributed by atoms with van der Waals surface area (Å²) in [6.07, 6.45) is 2.68. The van der Waals surface area contributed by atoms with Crippen molar-refractivity contribution in [3.05, 3.63) is 5.28 Å². The number of rotatable bonds is 5. The number of morpholine rings is 1. The first-order valence-corrected chi connectivity index (χ1v) is 7.53. The normalized spacial score (nSPS) is 18.4. The highest BCUT2D eigenvalue weighted by Gasteiger charge is 2.31. The maximum atomic E-state index is 8.80. The van der Waals surface area contributed by atoms with E-state index in [-0.39, 0.29) is 5.28 Å². The second-order valence-corrected chi connectivity index (χ2v) is 5.47. The highest BCUT2D eigenvalue weighted by Crippen LogP contribution is 2.31. The Balaban J connectivity index is 1.83. The van der Waals surface area contributed by atoms with Crippen molar-refractivity contribution in [3.63, 3.8) is 0 Å². The SMILES string of the molecule is N#CCCN(c1nc(Cl)nc(N2CCOCC2)n1)C1CC1. The van der Waals surface area contributed by atoms with Crippen LogP contribution in [-0.4, -0.2) is 53.8 Å². The minimum absolute atomic E-state index is 0.198. The molecule has 7 nitrogen and oxygen atoms in total. The van der Waals surface area contributed by atoms with Crippen LogP contribution in [0.3, 0.4) is 0 Å². The molecule has 3 rings (SSSR count). The monoisotopic (exact) mass is 308 g/mol. The van der Waals surface area contributed by atoms with Crippen molar-refractivity contribution in [1.82, 2.24) is 15.0 Å². The highest BCUT2D eigenvalue weighted by molar-refractivity contribution is 6.28. The summed E-state index contributed by atoms with van der Waals surface area (Å²) in [7, 11) is 0. The van der Waals surface area contributed by atoms with Gasteiger partial charge < -0.3 is 14.5 Å². The first-order chi connectivity index (χ1) is 10.3. The lowest BCUT2D eigenvalue weighted by molar-refractivity contribution is 0.122. The Bertz CT molecular complexity index is 538. The van der Waals surface area contributed by atoms with E-state index in [1.54, 1.807) is 0 Å². The minimum atomic E-state index is 0.198. The summed E-state index contributed by atoms with van der Waals surface area (Å²) in [5, 5.41) is 9.00. The van der Waals surface area contributed by atoms with Crippen molar-refractivity contribution in [1.29, 1.82) is 5.26 Å². The van der Waals surface area contributed by atoms with Crippen LogP contribution in [-0.2, 0) is 4.74 Å². The van der Waals surface area contributed by atoms with Crippen LogP contribution >= 0.6 is 11.6 Å². The van der Waals surface area contributed by atoms with Gasteiger partial charge >= 0.3 is 0 Å². The number of anilines is 2. The van der Waals surface area contributed by atoms with E-state index in [0.717, 1.165) is 25.9 Å². The Morgan fingerprint density at radius 1 is 1.29 bits per heavy atom. The van der Waals surface area contributed by atoms with Gasteiger partial charge in [-0.25, -0.2) is 0 Å². The van der Waals surface area contributed by atoms with Crippen LogP contribution in [0.15, 0.2) is 0 Å². The van der Waals surface area contributed by atoms with Gasteiger partial charge in [-0.1, -0.05) is 0 Å². The molecule has 0 aromatic carbocycles. The molecule has 0 bridgehead atoms. The fraction of sp³-hybridized carbons (Fsp3) is 0.692. The number of ether oxygens (including phenoxy) is 1. The highest BCUT2D eigenvalue weighted by atomic mass is 35.5. The van der Waals surface area contributed by atoms with Crippen LogP contribution < -0.4 is 9.80 Å². The second-order valence-electron chi connectivity index (χ2n) is 5.14. The van der Waals surface area contributed by atoms with Crippen LogP contribution in [0.1, 0.15) is 19.3 Å². The van der Waals surface area contributed by atoms with E-state index in [0.29, 0.717) is 44.1 Å². The molecule has 2 aliphatic rings. The van der Waals surface area contributed by atoms with Crippen LogP contribution in [0.4, 0.5) is 11.9 Å². The van der Waals surface area contributed by atoms with Gasteiger partial charge in [-0.2, -0.15) is 20.2 Å². The molecule has 1 aliphatic heterocycles. The van der Waals surface area contributed by atoms with E-state index in [9.17, 15) is 0 Å². The molecule has 1 aromatic rings. The molecule has 1 saturated carbocycles. The van der Waals surface area contributed by atoms with Gasteiger partial charge in [-0.15, -0.1) is 0 Å². The zero-order chi connectivity index (χ0) is 14.7. The molecule has 2 heterocycles. The van der Waals surface area contributed by atoms with Crippen LogP contribution in [0.5, 0.6) is 0 Å². The lowest BCUT2D eigenvalue weighted by Crippen LogP contribution is -2.38. The van der Waals surface area contributed by atoms with Gasteiger partial charge in [0, 0.05) is 25.7 Å². The lowest BCUT2D eigenvalue weighted by Gasteiger charge is -2.28. The van der Waals surface area contributed by atoms with E-state index < -0.39 is 0 Å².